The quantitative estimate of drug-likeness (QED) is 0.140. The van der Waals surface area contributed by atoms with Crippen molar-refractivity contribution in [2.24, 2.45) is 0 Å². The van der Waals surface area contributed by atoms with Gasteiger partial charge in [0, 0.05) is 45.4 Å². The van der Waals surface area contributed by atoms with E-state index in [1.54, 1.807) is 0 Å². The molecule has 0 atom stereocenters. The molecular weight excluding hydrogens is 1010 g/mol. The van der Waals surface area contributed by atoms with Crippen LogP contribution in [0.3, 0.4) is 0 Å². The maximum Gasteiger partial charge on any atom is 0.252 e. The Bertz CT molecular complexity index is 4040. The number of fused-ring (bicyclic) bond motifs is 5. The van der Waals surface area contributed by atoms with Crippen LogP contribution in [0.25, 0.3) is 33.4 Å². The average Bonchev–Trinajstić information content (AvgIpc) is 0.711. The van der Waals surface area contributed by atoms with Gasteiger partial charge in [0.05, 0.1) is 11.4 Å². The molecule has 10 aromatic carbocycles. The lowest BCUT2D eigenvalue weighted by molar-refractivity contribution is 0.332. The van der Waals surface area contributed by atoms with Crippen LogP contribution in [0.4, 0.5) is 51.2 Å². The van der Waals surface area contributed by atoms with Gasteiger partial charge in [-0.1, -0.05) is 223 Å². The van der Waals surface area contributed by atoms with Crippen LogP contribution < -0.4 is 31.1 Å². The summed E-state index contributed by atoms with van der Waals surface area (Å²) in [6.07, 6.45) is 2.24. The topological polar surface area (TPSA) is 9.72 Å². The highest BCUT2D eigenvalue weighted by atomic mass is 15.2. The normalized spacial score (nSPS) is 15.0. The summed E-state index contributed by atoms with van der Waals surface area (Å²) in [5.74, 6) is 0. The molecule has 1 aliphatic carbocycles. The number of nitrogens with zero attached hydrogens (tertiary/aromatic N) is 3. The zero-order valence-corrected chi connectivity index (χ0v) is 51.7. The minimum absolute atomic E-state index is 0.0260. The monoisotopic (exact) mass is 1090 g/mol. The van der Waals surface area contributed by atoms with Crippen LogP contribution in [0.15, 0.2) is 224 Å². The maximum atomic E-state index is 2.72. The van der Waals surface area contributed by atoms with E-state index in [0.29, 0.717) is 0 Å². The molecule has 2 aliphatic heterocycles. The molecule has 0 amide bonds. The number of rotatable bonds is 8. The fourth-order valence-electron chi connectivity index (χ4n) is 13.7. The summed E-state index contributed by atoms with van der Waals surface area (Å²) < 4.78 is 0. The third kappa shape index (κ3) is 9.66. The Morgan fingerprint density at radius 2 is 0.810 bits per heavy atom. The molecule has 13 rings (SSSR count). The molecule has 4 heteroatoms. The standard InChI is InChI=1S/C80H80BN3/c1-76(2,3)58-31-26-36-63(46-58)83-71-48-60(78(7,8)9)37-39-68(71)81-69-51-66-67(80(12,13)42-41-79(66,10)11)52-72(69)84(74-50-64(49-73(83)75(74)81)82(61-32-22-16-23-33-61)62-34-24-17-25-35-62)70-40-38-59(77(4,5)6)47-65(70)57-44-55(53-27-18-14-19-28-53)43-56(45-57)54-29-20-15-21-30-54/h14-40,43-52H,41-42H2,1-13H3. The summed E-state index contributed by atoms with van der Waals surface area (Å²) in [6.45, 7) is 31.0. The maximum absolute atomic E-state index is 2.72. The van der Waals surface area contributed by atoms with Crippen LogP contribution in [-0.2, 0) is 27.1 Å². The third-order valence-electron chi connectivity index (χ3n) is 18.7. The molecule has 0 saturated heterocycles. The highest BCUT2D eigenvalue weighted by Gasteiger charge is 2.48. The first-order valence-electron chi connectivity index (χ1n) is 30.6. The summed E-state index contributed by atoms with van der Waals surface area (Å²) in [4.78, 5) is 7.83. The van der Waals surface area contributed by atoms with Crippen molar-refractivity contribution in [1.82, 2.24) is 0 Å². The van der Waals surface area contributed by atoms with E-state index in [-0.39, 0.29) is 33.8 Å². The lowest BCUT2D eigenvalue weighted by Gasteiger charge is -2.48. The predicted molar refractivity (Wildman–Crippen MR) is 363 cm³/mol. The van der Waals surface area contributed by atoms with Gasteiger partial charge in [-0.05, 0) is 203 Å². The molecule has 3 nitrogen and oxygen atoms in total. The van der Waals surface area contributed by atoms with Gasteiger partial charge in [-0.15, -0.1) is 0 Å². The van der Waals surface area contributed by atoms with E-state index in [2.05, 4.69) is 329 Å². The summed E-state index contributed by atoms with van der Waals surface area (Å²) >= 11 is 0. The highest BCUT2D eigenvalue weighted by molar-refractivity contribution is 7.00. The SMILES string of the molecule is CC(C)(C)c1cccc(N2c3cc(C(C)(C)C)ccc3B3c4cc5c(cc4N(c4ccc(C(C)(C)C)cc4-c4cc(-c6ccccc6)cc(-c6ccccc6)c4)c4cc(N(c6ccccc6)c6ccccc6)cc2c43)C(C)(C)CCC5(C)C)c1. The van der Waals surface area contributed by atoms with E-state index in [4.69, 9.17) is 0 Å². The third-order valence-corrected chi connectivity index (χ3v) is 18.7. The number of para-hydroxylation sites is 2. The molecule has 0 aromatic heterocycles. The molecule has 84 heavy (non-hydrogen) atoms. The summed E-state index contributed by atoms with van der Waals surface area (Å²) in [6, 6.07) is 85.8. The van der Waals surface area contributed by atoms with Crippen molar-refractivity contribution in [2.45, 2.75) is 130 Å². The summed E-state index contributed by atoms with van der Waals surface area (Å²) in [5.41, 5.74) is 28.0. The van der Waals surface area contributed by atoms with Gasteiger partial charge in [-0.3, -0.25) is 0 Å². The zero-order chi connectivity index (χ0) is 58.7. The van der Waals surface area contributed by atoms with E-state index in [0.717, 1.165) is 41.3 Å². The second-order valence-corrected chi connectivity index (χ2v) is 28.6. The Hall–Kier alpha value is -8.34. The molecule has 0 fully saturated rings. The van der Waals surface area contributed by atoms with Crippen LogP contribution in [0, 0.1) is 0 Å². The minimum atomic E-state index is -0.130. The molecular formula is C80H80BN3. The summed E-state index contributed by atoms with van der Waals surface area (Å²) in [7, 11) is 0. The lowest BCUT2D eigenvalue weighted by atomic mass is 9.33. The Kier molecular flexibility index (Phi) is 13.2. The molecule has 3 aliphatic rings. The Morgan fingerprint density at radius 1 is 0.345 bits per heavy atom. The highest BCUT2D eigenvalue weighted by Crippen LogP contribution is 2.54. The summed E-state index contributed by atoms with van der Waals surface area (Å²) in [5, 5.41) is 0. The van der Waals surface area contributed by atoms with Crippen molar-refractivity contribution in [3.63, 3.8) is 0 Å². The lowest BCUT2D eigenvalue weighted by Crippen LogP contribution is -2.62. The molecule has 2 heterocycles. The Balaban J connectivity index is 1.21. The van der Waals surface area contributed by atoms with Crippen LogP contribution >= 0.6 is 0 Å². The molecule has 0 N–H and O–H groups in total. The van der Waals surface area contributed by atoms with Crippen molar-refractivity contribution in [3.05, 3.63) is 252 Å². The zero-order valence-electron chi connectivity index (χ0n) is 51.7. The van der Waals surface area contributed by atoms with Crippen molar-refractivity contribution in [3.8, 4) is 33.4 Å². The van der Waals surface area contributed by atoms with Crippen LogP contribution in [-0.4, -0.2) is 6.71 Å². The first kappa shape index (κ1) is 54.9. The van der Waals surface area contributed by atoms with Crippen LogP contribution in [0.5, 0.6) is 0 Å². The van der Waals surface area contributed by atoms with E-state index in [1.165, 1.54) is 100 Å². The number of anilines is 9. The average molecular weight is 1090 g/mol. The van der Waals surface area contributed by atoms with Gasteiger partial charge in [-0.2, -0.15) is 0 Å². The predicted octanol–water partition coefficient (Wildman–Crippen LogP) is 20.5. The van der Waals surface area contributed by atoms with Gasteiger partial charge in [0.1, 0.15) is 0 Å². The number of benzene rings is 10. The second kappa shape index (κ2) is 20.2. The van der Waals surface area contributed by atoms with Crippen LogP contribution in [0.1, 0.15) is 131 Å². The van der Waals surface area contributed by atoms with Gasteiger partial charge in [0.15, 0.2) is 0 Å². The number of hydrogen-bond donors (Lipinski definition) is 0. The molecule has 10 aromatic rings. The van der Waals surface area contributed by atoms with E-state index >= 15 is 0 Å². The van der Waals surface area contributed by atoms with Gasteiger partial charge in [-0.25, -0.2) is 0 Å². The fourth-order valence-corrected chi connectivity index (χ4v) is 13.7. The molecule has 0 saturated carbocycles. The van der Waals surface area contributed by atoms with Crippen molar-refractivity contribution >= 4 is 74.3 Å². The van der Waals surface area contributed by atoms with Gasteiger partial charge < -0.3 is 14.7 Å². The minimum Gasteiger partial charge on any atom is -0.311 e. The molecule has 418 valence electrons. The largest absolute Gasteiger partial charge is 0.311 e. The molecule has 0 unspecified atom stereocenters. The van der Waals surface area contributed by atoms with Crippen molar-refractivity contribution < 1.29 is 0 Å². The Morgan fingerprint density at radius 3 is 1.36 bits per heavy atom. The van der Waals surface area contributed by atoms with E-state index in [9.17, 15) is 0 Å². The second-order valence-electron chi connectivity index (χ2n) is 28.6. The Labute approximate surface area is 501 Å². The molecule has 0 bridgehead atoms. The van der Waals surface area contributed by atoms with Crippen molar-refractivity contribution in [2.75, 3.05) is 14.7 Å². The molecule has 0 radical (unpaired) electrons. The smallest absolute Gasteiger partial charge is 0.252 e. The molecule has 0 spiro atoms. The van der Waals surface area contributed by atoms with E-state index in [1.807, 2.05) is 0 Å². The van der Waals surface area contributed by atoms with E-state index < -0.39 is 0 Å². The first-order chi connectivity index (χ1) is 40.0. The van der Waals surface area contributed by atoms with Crippen LogP contribution in [0.2, 0.25) is 0 Å². The van der Waals surface area contributed by atoms with Gasteiger partial charge in [0.25, 0.3) is 6.71 Å². The van der Waals surface area contributed by atoms with Gasteiger partial charge in [0.2, 0.25) is 0 Å². The number of hydrogen-bond acceptors (Lipinski definition) is 3. The van der Waals surface area contributed by atoms with Gasteiger partial charge >= 0.3 is 0 Å². The first-order valence-corrected chi connectivity index (χ1v) is 30.6. The van der Waals surface area contributed by atoms with Crippen molar-refractivity contribution in [1.29, 1.82) is 0 Å². The fraction of sp³-hybridized carbons (Fsp3) is 0.250.